The van der Waals surface area contributed by atoms with E-state index in [1.165, 1.54) is 0 Å². The summed E-state index contributed by atoms with van der Waals surface area (Å²) in [5.41, 5.74) is -12.7. The number of hydrogen-bond donors (Lipinski definition) is 0. The van der Waals surface area contributed by atoms with Crippen LogP contribution in [0.1, 0.15) is 81.1 Å². The molecule has 0 N–H and O–H groups in total. The monoisotopic (exact) mass is 648 g/mol. The average molecular weight is 649 g/mol. The molecular formula is C30H25F10NO3. The Hall–Kier alpha value is -3.97. The Labute approximate surface area is 260 Å². The van der Waals surface area contributed by atoms with Gasteiger partial charge >= 0.3 is 24.6 Å². The number of alkyl halides is 9. The fourth-order valence-corrected chi connectivity index (χ4v) is 4.32. The predicted octanol–water partition coefficient (Wildman–Crippen LogP) is 9.76. The Morgan fingerprint density at radius 3 is 2.07 bits per heavy atom. The highest BCUT2D eigenvalue weighted by Gasteiger charge is 2.44. The van der Waals surface area contributed by atoms with E-state index in [0.29, 0.717) is 25.1 Å². The van der Waals surface area contributed by atoms with Crippen LogP contribution in [-0.2, 0) is 29.8 Å². The first-order valence-corrected chi connectivity index (χ1v) is 11.9. The second-order valence-corrected chi connectivity index (χ2v) is 9.16. The van der Waals surface area contributed by atoms with Crippen LogP contribution in [0.3, 0.4) is 0 Å². The Bertz CT molecular complexity index is 1970. The number of cyclic esters (lactones) is 1. The van der Waals surface area contributed by atoms with Crippen molar-refractivity contribution in [1.29, 1.82) is 0 Å². The molecule has 4 rings (SSSR count). The normalized spacial score (nSPS) is 26.0. The van der Waals surface area contributed by atoms with Crippen molar-refractivity contribution in [2.24, 2.45) is 0 Å². The SMILES string of the molecule is [2H]C([2H])(c1cc(C(F)(F)F)ccc1-c1c(OC)ccc(F)c1C([2H])(C([2H])([2H])[2H])C([2H])([2H])[2H])N1C(=O)O[C@]([2H])(c2cc(C(F)(F)F)cc(C(F)(F)F)c2)[C@]1([2H])C. The molecule has 1 heterocycles. The quantitative estimate of drug-likeness (QED) is 0.250. The van der Waals surface area contributed by atoms with Crippen LogP contribution in [0.15, 0.2) is 48.5 Å². The summed E-state index contributed by atoms with van der Waals surface area (Å²) in [6.07, 6.45) is -22.4. The van der Waals surface area contributed by atoms with Crippen molar-refractivity contribution in [3.05, 3.63) is 87.7 Å². The molecule has 1 fully saturated rings. The third-order valence-corrected chi connectivity index (χ3v) is 6.32. The van der Waals surface area contributed by atoms with Gasteiger partial charge in [-0.2, -0.15) is 39.5 Å². The van der Waals surface area contributed by atoms with Crippen molar-refractivity contribution < 1.29 is 73.3 Å². The molecule has 4 nitrogen and oxygen atoms in total. The van der Waals surface area contributed by atoms with E-state index < -0.39 is 124 Å². The van der Waals surface area contributed by atoms with Crippen LogP contribution in [0.5, 0.6) is 5.75 Å². The van der Waals surface area contributed by atoms with Crippen LogP contribution in [0.4, 0.5) is 48.7 Å². The van der Waals surface area contributed by atoms with Gasteiger partial charge in [0.25, 0.3) is 0 Å². The van der Waals surface area contributed by atoms with Crippen molar-refractivity contribution in [3.8, 4) is 16.9 Å². The van der Waals surface area contributed by atoms with E-state index in [2.05, 4.69) is 0 Å². The molecule has 0 radical (unpaired) electrons. The maximum atomic E-state index is 15.9. The van der Waals surface area contributed by atoms with E-state index in [-0.39, 0.29) is 30.3 Å². The molecule has 238 valence electrons. The minimum Gasteiger partial charge on any atom is -0.496 e. The summed E-state index contributed by atoms with van der Waals surface area (Å²) < 4.78 is 242. The second-order valence-electron chi connectivity index (χ2n) is 9.16. The van der Waals surface area contributed by atoms with Gasteiger partial charge in [-0.3, -0.25) is 4.90 Å². The molecular weight excluding hydrogens is 612 g/mol. The Morgan fingerprint density at radius 2 is 1.55 bits per heavy atom. The maximum Gasteiger partial charge on any atom is 0.416 e. The van der Waals surface area contributed by atoms with Crippen LogP contribution >= 0.6 is 0 Å². The highest BCUT2D eigenvalue weighted by molar-refractivity contribution is 5.79. The summed E-state index contributed by atoms with van der Waals surface area (Å²) in [5.74, 6) is -6.53. The molecule has 0 aliphatic carbocycles. The highest BCUT2D eigenvalue weighted by atomic mass is 19.4. The first kappa shape index (κ1) is 20.9. The van der Waals surface area contributed by atoms with Crippen LogP contribution < -0.4 is 4.74 Å². The third kappa shape index (κ3) is 6.43. The van der Waals surface area contributed by atoms with Crippen LogP contribution in [0.2, 0.25) is 0 Å². The molecule has 1 amide bonds. The lowest BCUT2D eigenvalue weighted by Gasteiger charge is -2.25. The van der Waals surface area contributed by atoms with Crippen molar-refractivity contribution in [2.75, 3.05) is 7.11 Å². The number of benzene rings is 3. The number of carbonyl (C=O) groups excluding carboxylic acids is 1. The molecule has 0 bridgehead atoms. The molecule has 0 saturated carbocycles. The zero-order chi connectivity index (χ0) is 42.5. The van der Waals surface area contributed by atoms with Crippen LogP contribution in [0, 0.1) is 5.82 Å². The molecule has 3 aromatic rings. The predicted molar refractivity (Wildman–Crippen MR) is 138 cm³/mol. The van der Waals surface area contributed by atoms with Gasteiger partial charge in [-0.15, -0.1) is 0 Å². The number of carbonyl (C=O) groups is 1. The minimum absolute atomic E-state index is 0.0564. The highest BCUT2D eigenvalue weighted by Crippen LogP contribution is 2.45. The summed E-state index contributed by atoms with van der Waals surface area (Å²) in [5, 5.41) is 0. The lowest BCUT2D eigenvalue weighted by Crippen LogP contribution is -2.32. The number of ether oxygens (including phenoxy) is 2. The summed E-state index contributed by atoms with van der Waals surface area (Å²) in [7, 11) is 0.826. The number of rotatable bonds is 6. The molecule has 0 unspecified atom stereocenters. The standard InChI is InChI=1S/C30H25F10NO3/c1-14(2)24-22(31)7-8-23(43-4)25(24)21-6-5-18(28(32,33)34)11-17(21)13-41-15(3)26(44-27(41)42)16-9-19(29(35,36)37)12-20(10-16)30(38,39)40/h5-12,14-15,26H,13H2,1-4H3/t15-,26-/m0/s1/i1D3,2D3,13D2,14D,15D,26D. The zero-order valence-corrected chi connectivity index (χ0v) is 22.1. The smallest absolute Gasteiger partial charge is 0.416 e. The van der Waals surface area contributed by atoms with Gasteiger partial charge in [0.15, 0.2) is 0 Å². The van der Waals surface area contributed by atoms with E-state index in [0.717, 1.165) is 7.11 Å². The lowest BCUT2D eigenvalue weighted by molar-refractivity contribution is -0.143. The van der Waals surface area contributed by atoms with Gasteiger partial charge in [-0.25, -0.2) is 9.18 Å². The summed E-state index contributed by atoms with van der Waals surface area (Å²) in [4.78, 5) is 13.0. The van der Waals surface area contributed by atoms with E-state index >= 15 is 4.39 Å². The topological polar surface area (TPSA) is 38.8 Å². The number of halogens is 10. The molecule has 2 atom stereocenters. The molecule has 14 heteroatoms. The molecule has 1 aliphatic rings. The van der Waals surface area contributed by atoms with E-state index in [1.54, 1.807) is 0 Å². The zero-order valence-electron chi connectivity index (χ0n) is 33.1. The van der Waals surface area contributed by atoms with Crippen molar-refractivity contribution in [2.45, 2.75) is 63.6 Å². The minimum atomic E-state index is -5.53. The Kier molecular flexibility index (Phi) is 5.46. The summed E-state index contributed by atoms with van der Waals surface area (Å²) in [6, 6.07) is -2.43. The first-order valence-electron chi connectivity index (χ1n) is 17.4. The number of amides is 1. The second kappa shape index (κ2) is 11.5. The molecule has 44 heavy (non-hydrogen) atoms. The summed E-state index contributed by atoms with van der Waals surface area (Å²) >= 11 is 0. The molecule has 0 aromatic heterocycles. The van der Waals surface area contributed by atoms with Crippen molar-refractivity contribution in [3.63, 3.8) is 0 Å². The van der Waals surface area contributed by atoms with Crippen LogP contribution in [0.25, 0.3) is 11.1 Å². The van der Waals surface area contributed by atoms with Gasteiger partial charge in [0.05, 0.1) is 41.8 Å². The fourth-order valence-electron chi connectivity index (χ4n) is 4.32. The van der Waals surface area contributed by atoms with Crippen LogP contribution in [-0.4, -0.2) is 24.1 Å². The average Bonchev–Trinajstić information content (AvgIpc) is 3.20. The molecule has 3 aromatic carbocycles. The van der Waals surface area contributed by atoms with Gasteiger partial charge in [0.1, 0.15) is 17.6 Å². The maximum absolute atomic E-state index is 15.9. The van der Waals surface area contributed by atoms with Crippen molar-refractivity contribution in [1.82, 2.24) is 4.90 Å². The van der Waals surface area contributed by atoms with E-state index in [9.17, 15) is 44.3 Å². The third-order valence-electron chi connectivity index (χ3n) is 6.32. The van der Waals surface area contributed by atoms with E-state index in [4.69, 9.17) is 24.6 Å². The molecule has 1 aliphatic heterocycles. The molecule has 0 spiro atoms. The molecule has 1 saturated heterocycles. The fraction of sp³-hybridized carbons (Fsp3) is 0.367. The Morgan fingerprint density at radius 1 is 0.955 bits per heavy atom. The first-order chi connectivity index (χ1) is 24.5. The van der Waals surface area contributed by atoms with Gasteiger partial charge < -0.3 is 9.47 Å². The Balaban J connectivity index is 2.14. The summed E-state index contributed by atoms with van der Waals surface area (Å²) in [6.45, 7) is -11.6. The largest absolute Gasteiger partial charge is 0.496 e. The van der Waals surface area contributed by atoms with Gasteiger partial charge in [-0.1, -0.05) is 19.8 Å². The number of methoxy groups -OCH3 is 1. The lowest BCUT2D eigenvalue weighted by atomic mass is 9.88. The van der Waals surface area contributed by atoms with Crippen molar-refractivity contribution >= 4 is 6.09 Å². The number of hydrogen-bond acceptors (Lipinski definition) is 3. The van der Waals surface area contributed by atoms with Gasteiger partial charge in [-0.05, 0) is 72.0 Å². The van der Waals surface area contributed by atoms with Gasteiger partial charge in [0, 0.05) is 20.7 Å². The van der Waals surface area contributed by atoms with Gasteiger partial charge in [0.2, 0.25) is 0 Å². The van der Waals surface area contributed by atoms with E-state index in [1.807, 2.05) is 0 Å². The number of nitrogens with zero attached hydrogens (tertiary/aromatic N) is 1.